The molecule has 0 aliphatic rings. The van der Waals surface area contributed by atoms with E-state index in [1.807, 2.05) is 67.6 Å². The van der Waals surface area contributed by atoms with Crippen LogP contribution in [0, 0.1) is 0 Å². The maximum Gasteiger partial charge on any atom is 0.191 e. The second-order valence-corrected chi connectivity index (χ2v) is 6.12. The van der Waals surface area contributed by atoms with Crippen LogP contribution in [0.2, 0.25) is 0 Å². The number of pyridine rings is 2. The fraction of sp³-hybridized carbons (Fsp3) is 0.227. The van der Waals surface area contributed by atoms with E-state index in [1.54, 1.807) is 12.4 Å². The standard InChI is InChI=1S/C22H25N5O.HI/c1-2-23-22(27-16-19-7-3-5-13-24-19)26-15-18-9-11-21(12-10-18)28-17-20-8-4-6-14-25-20;/h3-14H,2,15-17H2,1H3,(H2,23,26,27);1H. The van der Waals surface area contributed by atoms with Crippen molar-refractivity contribution in [1.29, 1.82) is 0 Å². The minimum atomic E-state index is 0. The van der Waals surface area contributed by atoms with Crippen LogP contribution in [0.25, 0.3) is 0 Å². The van der Waals surface area contributed by atoms with Crippen LogP contribution in [0.1, 0.15) is 23.9 Å². The Balaban J connectivity index is 0.00000300. The van der Waals surface area contributed by atoms with E-state index in [9.17, 15) is 0 Å². The van der Waals surface area contributed by atoms with Gasteiger partial charge in [-0.05, 0) is 48.9 Å². The van der Waals surface area contributed by atoms with E-state index in [2.05, 4.69) is 25.6 Å². The van der Waals surface area contributed by atoms with Crippen molar-refractivity contribution in [2.75, 3.05) is 6.54 Å². The molecule has 3 aromatic rings. The molecule has 0 aliphatic carbocycles. The van der Waals surface area contributed by atoms with Gasteiger partial charge in [0.25, 0.3) is 0 Å². The Hall–Kier alpha value is -2.68. The first-order chi connectivity index (χ1) is 13.8. The molecule has 0 amide bonds. The largest absolute Gasteiger partial charge is 0.487 e. The Kier molecular flexibility index (Phi) is 9.91. The van der Waals surface area contributed by atoms with Crippen molar-refractivity contribution in [3.8, 4) is 5.75 Å². The first kappa shape index (κ1) is 22.6. The van der Waals surface area contributed by atoms with Crippen LogP contribution in [0.5, 0.6) is 5.75 Å². The van der Waals surface area contributed by atoms with Crippen LogP contribution in [-0.2, 0) is 19.7 Å². The highest BCUT2D eigenvalue weighted by molar-refractivity contribution is 14.0. The zero-order valence-electron chi connectivity index (χ0n) is 16.4. The summed E-state index contributed by atoms with van der Waals surface area (Å²) in [7, 11) is 0. The number of guanidine groups is 1. The lowest BCUT2D eigenvalue weighted by molar-refractivity contribution is 0.301. The summed E-state index contributed by atoms with van der Waals surface area (Å²) in [6, 6.07) is 19.6. The smallest absolute Gasteiger partial charge is 0.191 e. The number of hydrogen-bond donors (Lipinski definition) is 2. The van der Waals surface area contributed by atoms with Gasteiger partial charge in [-0.3, -0.25) is 9.97 Å². The Morgan fingerprint density at radius 1 is 0.897 bits per heavy atom. The van der Waals surface area contributed by atoms with Gasteiger partial charge in [0, 0.05) is 18.9 Å². The number of benzene rings is 1. The predicted octanol–water partition coefficient (Wildman–Crippen LogP) is 3.93. The lowest BCUT2D eigenvalue weighted by Crippen LogP contribution is -2.36. The second-order valence-electron chi connectivity index (χ2n) is 6.12. The van der Waals surface area contributed by atoms with Crippen molar-refractivity contribution in [2.45, 2.75) is 26.6 Å². The van der Waals surface area contributed by atoms with Gasteiger partial charge < -0.3 is 15.4 Å². The van der Waals surface area contributed by atoms with E-state index < -0.39 is 0 Å². The first-order valence-corrected chi connectivity index (χ1v) is 9.37. The zero-order chi connectivity index (χ0) is 19.4. The van der Waals surface area contributed by atoms with Crippen molar-refractivity contribution in [1.82, 2.24) is 20.6 Å². The molecule has 0 spiro atoms. The van der Waals surface area contributed by atoms with Crippen molar-refractivity contribution in [3.05, 3.63) is 90.0 Å². The highest BCUT2D eigenvalue weighted by atomic mass is 127. The number of rotatable bonds is 8. The molecule has 2 N–H and O–H groups in total. The summed E-state index contributed by atoms with van der Waals surface area (Å²) in [5.41, 5.74) is 2.99. The Morgan fingerprint density at radius 2 is 1.59 bits per heavy atom. The monoisotopic (exact) mass is 503 g/mol. The SMILES string of the molecule is CCNC(=NCc1ccc(OCc2ccccn2)cc1)NCc1ccccn1.I. The molecule has 0 atom stereocenters. The van der Waals surface area contributed by atoms with E-state index in [-0.39, 0.29) is 24.0 Å². The van der Waals surface area contributed by atoms with Crippen LogP contribution < -0.4 is 15.4 Å². The number of aliphatic imine (C=N–C) groups is 1. The molecule has 0 aliphatic heterocycles. The van der Waals surface area contributed by atoms with E-state index >= 15 is 0 Å². The van der Waals surface area contributed by atoms with Gasteiger partial charge in [0.1, 0.15) is 12.4 Å². The van der Waals surface area contributed by atoms with Crippen molar-refractivity contribution in [2.24, 2.45) is 4.99 Å². The zero-order valence-corrected chi connectivity index (χ0v) is 18.7. The van der Waals surface area contributed by atoms with Gasteiger partial charge in [-0.25, -0.2) is 4.99 Å². The second kappa shape index (κ2) is 12.7. The lowest BCUT2D eigenvalue weighted by atomic mass is 10.2. The molecule has 1 aromatic carbocycles. The van der Waals surface area contributed by atoms with Gasteiger partial charge in [-0.2, -0.15) is 0 Å². The average molecular weight is 503 g/mol. The van der Waals surface area contributed by atoms with Crippen LogP contribution in [0.3, 0.4) is 0 Å². The molecular weight excluding hydrogens is 477 g/mol. The molecule has 7 heteroatoms. The number of nitrogens with zero attached hydrogens (tertiary/aromatic N) is 3. The van der Waals surface area contributed by atoms with Gasteiger partial charge >= 0.3 is 0 Å². The summed E-state index contributed by atoms with van der Waals surface area (Å²) in [5.74, 6) is 1.59. The fourth-order valence-corrected chi connectivity index (χ4v) is 2.52. The summed E-state index contributed by atoms with van der Waals surface area (Å²) in [4.78, 5) is 13.2. The molecule has 0 unspecified atom stereocenters. The van der Waals surface area contributed by atoms with Crippen LogP contribution in [0.4, 0.5) is 0 Å². The molecule has 0 radical (unpaired) electrons. The summed E-state index contributed by atoms with van der Waals surface area (Å²) in [6.07, 6.45) is 3.56. The molecule has 0 fully saturated rings. The number of nitrogens with one attached hydrogen (secondary N) is 2. The van der Waals surface area contributed by atoms with Crippen molar-refractivity contribution in [3.63, 3.8) is 0 Å². The van der Waals surface area contributed by atoms with Crippen molar-refractivity contribution >= 4 is 29.9 Å². The molecular formula is C22H26IN5O. The van der Waals surface area contributed by atoms with Crippen molar-refractivity contribution < 1.29 is 4.74 Å². The van der Waals surface area contributed by atoms with Crippen LogP contribution in [-0.4, -0.2) is 22.5 Å². The van der Waals surface area contributed by atoms with E-state index in [1.165, 1.54) is 0 Å². The minimum absolute atomic E-state index is 0. The summed E-state index contributed by atoms with van der Waals surface area (Å²) in [6.45, 7) is 4.52. The quantitative estimate of drug-likeness (QED) is 0.277. The summed E-state index contributed by atoms with van der Waals surface area (Å²) < 4.78 is 5.77. The third-order valence-electron chi connectivity index (χ3n) is 3.96. The molecule has 0 saturated heterocycles. The third kappa shape index (κ3) is 8.06. The summed E-state index contributed by atoms with van der Waals surface area (Å²) in [5, 5.41) is 6.55. The maximum atomic E-state index is 5.77. The topological polar surface area (TPSA) is 71.4 Å². The fourth-order valence-electron chi connectivity index (χ4n) is 2.52. The molecule has 152 valence electrons. The number of aromatic nitrogens is 2. The molecule has 2 aromatic heterocycles. The van der Waals surface area contributed by atoms with Gasteiger partial charge in [-0.15, -0.1) is 24.0 Å². The Labute approximate surface area is 188 Å². The van der Waals surface area contributed by atoms with E-state index in [4.69, 9.17) is 4.74 Å². The minimum Gasteiger partial charge on any atom is -0.487 e. The number of ether oxygens (including phenoxy) is 1. The van der Waals surface area contributed by atoms with Gasteiger partial charge in [0.15, 0.2) is 5.96 Å². The molecule has 6 nitrogen and oxygen atoms in total. The molecule has 0 saturated carbocycles. The van der Waals surface area contributed by atoms with Gasteiger partial charge in [0.05, 0.1) is 24.5 Å². The normalized spacial score (nSPS) is 10.7. The van der Waals surface area contributed by atoms with E-state index in [0.29, 0.717) is 19.7 Å². The maximum absolute atomic E-state index is 5.77. The summed E-state index contributed by atoms with van der Waals surface area (Å²) >= 11 is 0. The molecule has 0 bridgehead atoms. The first-order valence-electron chi connectivity index (χ1n) is 9.37. The number of halogens is 1. The lowest BCUT2D eigenvalue weighted by Gasteiger charge is -2.11. The van der Waals surface area contributed by atoms with Crippen LogP contribution in [0.15, 0.2) is 78.0 Å². The molecule has 29 heavy (non-hydrogen) atoms. The Bertz CT molecular complexity index is 857. The van der Waals surface area contributed by atoms with E-state index in [0.717, 1.165) is 35.2 Å². The molecule has 3 rings (SSSR count). The third-order valence-corrected chi connectivity index (χ3v) is 3.96. The highest BCUT2D eigenvalue weighted by Gasteiger charge is 2.01. The van der Waals surface area contributed by atoms with Crippen LogP contribution >= 0.6 is 24.0 Å². The number of hydrogen-bond acceptors (Lipinski definition) is 4. The van der Waals surface area contributed by atoms with Gasteiger partial charge in [0.2, 0.25) is 0 Å². The molecule has 2 heterocycles. The highest BCUT2D eigenvalue weighted by Crippen LogP contribution is 2.14. The average Bonchev–Trinajstić information content (AvgIpc) is 2.76. The Morgan fingerprint density at radius 3 is 2.21 bits per heavy atom. The predicted molar refractivity (Wildman–Crippen MR) is 126 cm³/mol. The van der Waals surface area contributed by atoms with Gasteiger partial charge in [-0.1, -0.05) is 24.3 Å².